The Labute approximate surface area is 151 Å². The van der Waals surface area contributed by atoms with Gasteiger partial charge in [-0.25, -0.2) is 8.42 Å². The van der Waals surface area contributed by atoms with Gasteiger partial charge >= 0.3 is 0 Å². The van der Waals surface area contributed by atoms with E-state index in [4.69, 9.17) is 0 Å². The summed E-state index contributed by atoms with van der Waals surface area (Å²) in [6.45, 7) is 5.30. The van der Waals surface area contributed by atoms with E-state index in [9.17, 15) is 13.2 Å². The molecule has 2 fully saturated rings. The van der Waals surface area contributed by atoms with Gasteiger partial charge in [-0.05, 0) is 57.2 Å². The van der Waals surface area contributed by atoms with Crippen LogP contribution in [-0.4, -0.2) is 48.7 Å². The Morgan fingerprint density at radius 1 is 1.12 bits per heavy atom. The number of carbonyl (C=O) groups is 1. The standard InChI is InChI=1S/C19H28N2O3S/c1-15(2)21(17-8-9-17)19(22)14-16-6-10-18(11-7-16)25(23,24)20-12-4-3-5-13-20/h6-7,10-11,15,17H,3-5,8-9,12-14H2,1-2H3. The summed E-state index contributed by atoms with van der Waals surface area (Å²) in [6, 6.07) is 7.44. The zero-order valence-corrected chi connectivity index (χ0v) is 16.0. The second-order valence-electron chi connectivity index (χ2n) is 7.41. The van der Waals surface area contributed by atoms with E-state index in [2.05, 4.69) is 0 Å². The lowest BCUT2D eigenvalue weighted by molar-refractivity contribution is -0.132. The molecule has 1 saturated carbocycles. The van der Waals surface area contributed by atoms with Crippen molar-refractivity contribution < 1.29 is 13.2 Å². The Bertz CT molecular complexity index is 701. The maximum atomic E-state index is 12.7. The van der Waals surface area contributed by atoms with Crippen LogP contribution in [-0.2, 0) is 21.2 Å². The summed E-state index contributed by atoms with van der Waals surface area (Å²) in [5.41, 5.74) is 0.869. The van der Waals surface area contributed by atoms with Crippen LogP contribution < -0.4 is 0 Å². The average Bonchev–Trinajstić information content (AvgIpc) is 3.40. The molecule has 1 aliphatic heterocycles. The molecule has 6 heteroatoms. The average molecular weight is 365 g/mol. The van der Waals surface area contributed by atoms with Crippen LogP contribution in [0.2, 0.25) is 0 Å². The molecule has 0 spiro atoms. The van der Waals surface area contributed by atoms with Gasteiger partial charge in [0, 0.05) is 25.2 Å². The van der Waals surface area contributed by atoms with E-state index in [0.29, 0.717) is 30.4 Å². The van der Waals surface area contributed by atoms with Crippen LogP contribution in [0.15, 0.2) is 29.2 Å². The highest BCUT2D eigenvalue weighted by molar-refractivity contribution is 7.89. The van der Waals surface area contributed by atoms with Crippen LogP contribution >= 0.6 is 0 Å². The minimum absolute atomic E-state index is 0.129. The molecule has 25 heavy (non-hydrogen) atoms. The Morgan fingerprint density at radius 2 is 1.72 bits per heavy atom. The molecular weight excluding hydrogens is 336 g/mol. The first-order valence-corrected chi connectivity index (χ1v) is 10.7. The molecule has 0 aromatic heterocycles. The molecule has 1 aliphatic carbocycles. The van der Waals surface area contributed by atoms with E-state index < -0.39 is 10.0 Å². The van der Waals surface area contributed by atoms with Gasteiger partial charge in [-0.15, -0.1) is 0 Å². The molecule has 3 rings (SSSR count). The van der Waals surface area contributed by atoms with Gasteiger partial charge in [0.25, 0.3) is 0 Å². The Kier molecular flexibility index (Phi) is 5.49. The van der Waals surface area contributed by atoms with Crippen molar-refractivity contribution in [2.75, 3.05) is 13.1 Å². The van der Waals surface area contributed by atoms with Gasteiger partial charge < -0.3 is 4.90 Å². The number of rotatable bonds is 6. The largest absolute Gasteiger partial charge is 0.337 e. The molecule has 1 saturated heterocycles. The van der Waals surface area contributed by atoms with Crippen LogP contribution in [0.5, 0.6) is 0 Å². The lowest BCUT2D eigenvalue weighted by atomic mass is 10.1. The van der Waals surface area contributed by atoms with Crippen molar-refractivity contribution in [3.05, 3.63) is 29.8 Å². The summed E-state index contributed by atoms with van der Waals surface area (Å²) < 4.78 is 26.9. The number of benzene rings is 1. The first kappa shape index (κ1) is 18.4. The van der Waals surface area contributed by atoms with Crippen molar-refractivity contribution in [1.82, 2.24) is 9.21 Å². The van der Waals surface area contributed by atoms with Gasteiger partial charge in [0.1, 0.15) is 0 Å². The molecular formula is C19H28N2O3S. The molecule has 0 radical (unpaired) electrons. The third-order valence-electron chi connectivity index (χ3n) is 5.02. The summed E-state index contributed by atoms with van der Waals surface area (Å²) in [5, 5.41) is 0. The molecule has 0 N–H and O–H groups in total. The van der Waals surface area contributed by atoms with Crippen LogP contribution in [0.4, 0.5) is 0 Å². The zero-order valence-electron chi connectivity index (χ0n) is 15.1. The van der Waals surface area contributed by atoms with Crippen molar-refractivity contribution in [2.24, 2.45) is 0 Å². The van der Waals surface area contributed by atoms with Crippen molar-refractivity contribution >= 4 is 15.9 Å². The number of sulfonamides is 1. The number of amides is 1. The zero-order chi connectivity index (χ0) is 18.0. The number of hydrogen-bond acceptors (Lipinski definition) is 3. The third kappa shape index (κ3) is 4.23. The molecule has 0 unspecified atom stereocenters. The second kappa shape index (κ2) is 7.46. The van der Waals surface area contributed by atoms with Crippen LogP contribution in [0.25, 0.3) is 0 Å². The molecule has 1 aromatic rings. The fraction of sp³-hybridized carbons (Fsp3) is 0.632. The summed E-state index contributed by atoms with van der Waals surface area (Å²) in [7, 11) is -3.40. The van der Waals surface area contributed by atoms with Gasteiger partial charge in [-0.2, -0.15) is 4.31 Å². The first-order valence-electron chi connectivity index (χ1n) is 9.30. The minimum Gasteiger partial charge on any atom is -0.337 e. The molecule has 0 atom stereocenters. The van der Waals surface area contributed by atoms with Crippen molar-refractivity contribution in [3.8, 4) is 0 Å². The summed E-state index contributed by atoms with van der Waals surface area (Å²) in [6.07, 6.45) is 5.48. The number of piperidine rings is 1. The second-order valence-corrected chi connectivity index (χ2v) is 9.35. The predicted octanol–water partition coefficient (Wildman–Crippen LogP) is 2.80. The number of nitrogens with zero attached hydrogens (tertiary/aromatic N) is 2. The molecule has 1 aromatic carbocycles. The summed E-state index contributed by atoms with van der Waals surface area (Å²) >= 11 is 0. The van der Waals surface area contributed by atoms with E-state index >= 15 is 0 Å². The maximum Gasteiger partial charge on any atom is 0.243 e. The Morgan fingerprint density at radius 3 is 2.24 bits per heavy atom. The first-order chi connectivity index (χ1) is 11.9. The van der Waals surface area contributed by atoms with E-state index in [-0.39, 0.29) is 11.9 Å². The van der Waals surface area contributed by atoms with Crippen molar-refractivity contribution in [1.29, 1.82) is 0 Å². The van der Waals surface area contributed by atoms with Gasteiger partial charge in [-0.3, -0.25) is 4.79 Å². The molecule has 138 valence electrons. The highest BCUT2D eigenvalue weighted by Gasteiger charge is 2.34. The van der Waals surface area contributed by atoms with Gasteiger partial charge in [0.05, 0.1) is 11.3 Å². The number of hydrogen-bond donors (Lipinski definition) is 0. The van der Waals surface area contributed by atoms with Gasteiger partial charge in [0.2, 0.25) is 15.9 Å². The monoisotopic (exact) mass is 364 g/mol. The predicted molar refractivity (Wildman–Crippen MR) is 97.8 cm³/mol. The van der Waals surface area contributed by atoms with E-state index in [1.54, 1.807) is 28.6 Å². The maximum absolute atomic E-state index is 12.7. The number of carbonyl (C=O) groups excluding carboxylic acids is 1. The van der Waals surface area contributed by atoms with Crippen molar-refractivity contribution in [3.63, 3.8) is 0 Å². The smallest absolute Gasteiger partial charge is 0.243 e. The lowest BCUT2D eigenvalue weighted by Crippen LogP contribution is -2.39. The van der Waals surface area contributed by atoms with Crippen LogP contribution in [0, 0.1) is 0 Å². The van der Waals surface area contributed by atoms with E-state index in [1.165, 1.54) is 0 Å². The summed E-state index contributed by atoms with van der Waals surface area (Å²) in [4.78, 5) is 14.9. The SMILES string of the molecule is CC(C)N(C(=O)Cc1ccc(S(=O)(=O)N2CCCCC2)cc1)C1CC1. The summed E-state index contributed by atoms with van der Waals surface area (Å²) in [5.74, 6) is 0.129. The Balaban J connectivity index is 1.68. The van der Waals surface area contributed by atoms with Crippen molar-refractivity contribution in [2.45, 2.75) is 69.4 Å². The van der Waals surface area contributed by atoms with Gasteiger partial charge in [-0.1, -0.05) is 18.6 Å². The van der Waals surface area contributed by atoms with E-state index in [1.807, 2.05) is 18.7 Å². The van der Waals surface area contributed by atoms with Crippen LogP contribution in [0.1, 0.15) is 51.5 Å². The quantitative estimate of drug-likeness (QED) is 0.780. The van der Waals surface area contributed by atoms with E-state index in [0.717, 1.165) is 37.7 Å². The normalized spacial score (nSPS) is 19.2. The highest BCUT2D eigenvalue weighted by Crippen LogP contribution is 2.29. The molecule has 0 bridgehead atoms. The molecule has 5 nitrogen and oxygen atoms in total. The molecule has 2 aliphatic rings. The topological polar surface area (TPSA) is 57.7 Å². The third-order valence-corrected chi connectivity index (χ3v) is 6.93. The highest BCUT2D eigenvalue weighted by atomic mass is 32.2. The molecule has 1 amide bonds. The minimum atomic E-state index is -3.40. The van der Waals surface area contributed by atoms with Crippen LogP contribution in [0.3, 0.4) is 0 Å². The Hall–Kier alpha value is -1.40. The molecule has 1 heterocycles. The lowest BCUT2D eigenvalue weighted by Gasteiger charge is -2.27. The van der Waals surface area contributed by atoms with Gasteiger partial charge in [0.15, 0.2) is 0 Å². The fourth-order valence-electron chi connectivity index (χ4n) is 3.57. The fourth-order valence-corrected chi connectivity index (χ4v) is 5.08.